The number of benzene rings is 6. The average Bonchev–Trinajstić information content (AvgIpc) is 3.38. The largest absolute Gasteiger partial charge is 0.243 e. The average molecular weight is 1170 g/mol. The highest BCUT2D eigenvalue weighted by Crippen LogP contribution is 2.24. The molecule has 0 heterocycles. The maximum absolute atomic E-state index is 14.6. The van der Waals surface area contributed by atoms with Crippen molar-refractivity contribution in [3.63, 3.8) is 0 Å². The molecule has 0 fully saturated rings. The molecule has 0 atom stereocenters. The summed E-state index contributed by atoms with van der Waals surface area (Å²) < 4.78 is 178. The Morgan fingerprint density at radius 2 is 0.442 bits per heavy atom. The lowest BCUT2D eigenvalue weighted by molar-refractivity contribution is 0.315. The van der Waals surface area contributed by atoms with Gasteiger partial charge in [-0.25, -0.2) is 60.0 Å². The number of nitrogens with one attached hydrogen (secondary N) is 2. The van der Waals surface area contributed by atoms with Crippen LogP contribution in [-0.2, 0) is 60.1 Å². The SMILES string of the molecule is Cc1ccc(S(=O)(=O)NCCN(CCN(CCCN(CCN(CCNS(=O)(=O)c2ccc(C)cc2)S(=O)(=O)c2ccc(C)cc2)S(=O)(=O)c2ccc(C)cc2)S(=O)(=O)c2ccc(C)cc2)S(=O)(=O)c2ccc(C)cc2)cc1. The normalized spacial score (nSPS) is 13.0. The minimum Gasteiger partial charge on any atom is -0.210 e. The van der Waals surface area contributed by atoms with Crippen molar-refractivity contribution < 1.29 is 50.5 Å². The molecule has 6 rings (SSSR count). The van der Waals surface area contributed by atoms with Gasteiger partial charge in [-0.1, -0.05) is 106 Å². The number of sulfonamides is 6. The van der Waals surface area contributed by atoms with Crippen LogP contribution in [0.3, 0.4) is 0 Å². The van der Waals surface area contributed by atoms with Crippen LogP contribution in [0.5, 0.6) is 0 Å². The molecule has 416 valence electrons. The maximum atomic E-state index is 14.6. The van der Waals surface area contributed by atoms with Crippen LogP contribution in [-0.4, -0.2) is 133 Å². The molecule has 0 aliphatic rings. The first-order chi connectivity index (χ1) is 36.1. The predicted molar refractivity (Wildman–Crippen MR) is 297 cm³/mol. The van der Waals surface area contributed by atoms with Gasteiger partial charge in [-0.15, -0.1) is 0 Å². The highest BCUT2D eigenvalue weighted by molar-refractivity contribution is 7.90. The molecule has 18 nitrogen and oxygen atoms in total. The number of hydrogen-bond donors (Lipinski definition) is 2. The minimum atomic E-state index is -4.44. The van der Waals surface area contributed by atoms with E-state index in [0.717, 1.165) is 50.6 Å². The molecule has 0 aliphatic heterocycles. The predicted octanol–water partition coefficient (Wildman–Crippen LogP) is 5.95. The standard InChI is InChI=1S/C53H66N6O12S6/c1-42-8-20-48(21-9-42)72(60,61)54-32-36-58(76(68,69)52-28-16-46(5)17-29-52)40-38-56(74(64,65)50-24-12-44(3)13-25-50)34-7-35-57(75(66,67)51-26-14-45(4)15-27-51)39-41-59(77(70,71)53-30-18-47(6)19-31-53)37-33-55-73(62,63)49-22-10-43(2)11-23-49/h8-31,54-55H,7,32-41H2,1-6H3. The van der Waals surface area contributed by atoms with E-state index >= 15 is 0 Å². The smallest absolute Gasteiger partial charge is 0.210 e. The summed E-state index contributed by atoms with van der Waals surface area (Å²) in [5.41, 5.74) is 4.73. The van der Waals surface area contributed by atoms with Gasteiger partial charge < -0.3 is 0 Å². The molecule has 2 N–H and O–H groups in total. The van der Waals surface area contributed by atoms with Crippen LogP contribution >= 0.6 is 0 Å². The van der Waals surface area contributed by atoms with E-state index in [1.165, 1.54) is 72.8 Å². The molecule has 0 spiro atoms. The zero-order chi connectivity index (χ0) is 56.4. The molecule has 24 heteroatoms. The van der Waals surface area contributed by atoms with Gasteiger partial charge in [0.15, 0.2) is 0 Å². The van der Waals surface area contributed by atoms with E-state index in [4.69, 9.17) is 0 Å². The van der Waals surface area contributed by atoms with E-state index in [2.05, 4.69) is 9.44 Å². The first-order valence-electron chi connectivity index (χ1n) is 24.5. The number of hydrogen-bond acceptors (Lipinski definition) is 12. The van der Waals surface area contributed by atoms with Gasteiger partial charge in [0.1, 0.15) is 0 Å². The third kappa shape index (κ3) is 16.0. The van der Waals surface area contributed by atoms with Crippen LogP contribution in [0.25, 0.3) is 0 Å². The second-order valence-electron chi connectivity index (χ2n) is 18.6. The minimum absolute atomic E-state index is 0.0354. The lowest BCUT2D eigenvalue weighted by atomic mass is 10.2. The molecule has 0 aromatic heterocycles. The third-order valence-electron chi connectivity index (χ3n) is 12.6. The van der Waals surface area contributed by atoms with Gasteiger partial charge in [-0.2, -0.15) is 17.2 Å². The van der Waals surface area contributed by atoms with Gasteiger partial charge in [0.25, 0.3) is 0 Å². The lowest BCUT2D eigenvalue weighted by Gasteiger charge is -2.29. The zero-order valence-corrected chi connectivity index (χ0v) is 48.7. The van der Waals surface area contributed by atoms with Crippen molar-refractivity contribution in [1.29, 1.82) is 0 Å². The third-order valence-corrected chi connectivity index (χ3v) is 23.2. The Morgan fingerprint density at radius 3 is 0.649 bits per heavy atom. The van der Waals surface area contributed by atoms with Gasteiger partial charge in [-0.05, 0) is 121 Å². The Labute approximate surface area is 456 Å². The van der Waals surface area contributed by atoms with Gasteiger partial charge in [0.05, 0.1) is 29.4 Å². The molecule has 0 bridgehead atoms. The van der Waals surface area contributed by atoms with Gasteiger partial charge >= 0.3 is 0 Å². The van der Waals surface area contributed by atoms with E-state index in [1.54, 1.807) is 114 Å². The fourth-order valence-corrected chi connectivity index (χ4v) is 15.8. The van der Waals surface area contributed by atoms with E-state index in [0.29, 0.717) is 0 Å². The first-order valence-corrected chi connectivity index (χ1v) is 33.3. The van der Waals surface area contributed by atoms with E-state index in [-0.39, 0.29) is 62.0 Å². The summed E-state index contributed by atoms with van der Waals surface area (Å²) in [6, 6.07) is 36.1. The molecule has 6 aromatic rings. The Kier molecular flexibility index (Phi) is 20.4. The van der Waals surface area contributed by atoms with Crippen LogP contribution in [0.15, 0.2) is 175 Å². The second kappa shape index (κ2) is 25.7. The van der Waals surface area contributed by atoms with Crippen LogP contribution in [0.4, 0.5) is 0 Å². The van der Waals surface area contributed by atoms with Crippen LogP contribution in [0.2, 0.25) is 0 Å². The van der Waals surface area contributed by atoms with Crippen molar-refractivity contribution in [3.8, 4) is 0 Å². The van der Waals surface area contributed by atoms with Crippen LogP contribution < -0.4 is 9.44 Å². The van der Waals surface area contributed by atoms with Crippen molar-refractivity contribution in [2.75, 3.05) is 65.4 Å². The Bertz CT molecular complexity index is 3400. The molecule has 0 radical (unpaired) electrons. The molecule has 0 saturated carbocycles. The quantitative estimate of drug-likeness (QED) is 0.0580. The molecule has 6 aromatic carbocycles. The van der Waals surface area contributed by atoms with E-state index in [9.17, 15) is 50.5 Å². The van der Waals surface area contributed by atoms with Crippen molar-refractivity contribution in [1.82, 2.24) is 26.7 Å². The Morgan fingerprint density at radius 1 is 0.260 bits per heavy atom. The van der Waals surface area contributed by atoms with Gasteiger partial charge in [0, 0.05) is 65.4 Å². The summed E-state index contributed by atoms with van der Waals surface area (Å²) >= 11 is 0. The summed E-state index contributed by atoms with van der Waals surface area (Å²) in [5.74, 6) is 0. The lowest BCUT2D eigenvalue weighted by Crippen LogP contribution is -2.45. The fourth-order valence-electron chi connectivity index (χ4n) is 7.93. The first kappa shape index (κ1) is 61.0. The summed E-state index contributed by atoms with van der Waals surface area (Å²) in [5, 5.41) is 0. The number of nitrogens with zero attached hydrogens (tertiary/aromatic N) is 4. The molecular formula is C53H66N6O12S6. The zero-order valence-electron chi connectivity index (χ0n) is 43.8. The monoisotopic (exact) mass is 1170 g/mol. The van der Waals surface area contributed by atoms with Gasteiger partial charge in [0.2, 0.25) is 60.1 Å². The van der Waals surface area contributed by atoms with Crippen LogP contribution in [0, 0.1) is 41.5 Å². The summed E-state index contributed by atoms with van der Waals surface area (Å²) in [7, 11) is -25.8. The summed E-state index contributed by atoms with van der Waals surface area (Å²) in [6.07, 6.45) is -0.182. The summed E-state index contributed by atoms with van der Waals surface area (Å²) in [6.45, 7) is 6.56. The molecule has 0 unspecified atom stereocenters. The van der Waals surface area contributed by atoms with Crippen molar-refractivity contribution in [2.45, 2.75) is 77.3 Å². The Balaban J connectivity index is 1.30. The van der Waals surface area contributed by atoms with Crippen molar-refractivity contribution in [2.24, 2.45) is 0 Å². The van der Waals surface area contributed by atoms with E-state index < -0.39 is 99.4 Å². The molecule has 77 heavy (non-hydrogen) atoms. The second-order valence-corrected chi connectivity index (χ2v) is 29.9. The number of aryl methyl sites for hydroxylation is 6. The number of rotatable bonds is 28. The van der Waals surface area contributed by atoms with E-state index in [1.807, 2.05) is 0 Å². The van der Waals surface area contributed by atoms with Crippen molar-refractivity contribution >= 4 is 60.1 Å². The maximum Gasteiger partial charge on any atom is 0.243 e. The fraction of sp³-hybridized carbons (Fsp3) is 0.321. The highest BCUT2D eigenvalue weighted by atomic mass is 32.2. The van der Waals surface area contributed by atoms with Gasteiger partial charge in [-0.3, -0.25) is 0 Å². The van der Waals surface area contributed by atoms with Crippen molar-refractivity contribution in [3.05, 3.63) is 179 Å². The topological polar surface area (TPSA) is 242 Å². The highest BCUT2D eigenvalue weighted by Gasteiger charge is 2.33. The van der Waals surface area contributed by atoms with Crippen LogP contribution in [0.1, 0.15) is 39.8 Å². The molecule has 0 amide bonds. The Hall–Kier alpha value is -5.22. The molecule has 0 saturated heterocycles. The molecular weight excluding hydrogens is 1110 g/mol. The molecule has 0 aliphatic carbocycles. The summed E-state index contributed by atoms with van der Waals surface area (Å²) in [4.78, 5) is -0.548.